The topological polar surface area (TPSA) is 42.2 Å². The van der Waals surface area contributed by atoms with Crippen LogP contribution in [0, 0.1) is 5.92 Å². The molecular weight excluding hydrogens is 226 g/mol. The lowest BCUT2D eigenvalue weighted by atomic mass is 9.95. The molecule has 3 rings (SSSR count). The van der Waals surface area contributed by atoms with Crippen molar-refractivity contribution in [3.63, 3.8) is 0 Å². The number of furan rings is 1. The highest BCUT2D eigenvalue weighted by Gasteiger charge is 2.55. The number of hydrogen-bond acceptors (Lipinski definition) is 2. The first-order chi connectivity index (χ1) is 7.70. The van der Waals surface area contributed by atoms with Gasteiger partial charge in [-0.25, -0.2) is 0 Å². The molecule has 0 spiro atoms. The molecule has 2 atom stereocenters. The van der Waals surface area contributed by atoms with E-state index >= 15 is 0 Å². The molecule has 4 heteroatoms. The van der Waals surface area contributed by atoms with Gasteiger partial charge in [-0.3, -0.25) is 4.79 Å². The first kappa shape index (κ1) is 10.2. The molecule has 2 saturated carbocycles. The van der Waals surface area contributed by atoms with Crippen LogP contribution in [0.1, 0.15) is 42.7 Å². The summed E-state index contributed by atoms with van der Waals surface area (Å²) in [5.41, 5.74) is 0.0780. The molecule has 2 aliphatic rings. The minimum absolute atomic E-state index is 0.0780. The molecule has 1 heterocycles. The number of fused-ring (bicyclic) bond motifs is 1. The predicted octanol–water partition coefficient (Wildman–Crippen LogP) is 3.00. The van der Waals surface area contributed by atoms with Crippen LogP contribution in [0.2, 0.25) is 5.22 Å². The van der Waals surface area contributed by atoms with Gasteiger partial charge in [0.1, 0.15) is 0 Å². The van der Waals surface area contributed by atoms with E-state index < -0.39 is 0 Å². The normalized spacial score (nSPS) is 31.9. The molecule has 1 amide bonds. The Labute approximate surface area is 99.1 Å². The Morgan fingerprint density at radius 3 is 3.06 bits per heavy atom. The molecule has 2 aliphatic carbocycles. The van der Waals surface area contributed by atoms with Crippen molar-refractivity contribution in [1.82, 2.24) is 5.32 Å². The zero-order chi connectivity index (χ0) is 11.2. The van der Waals surface area contributed by atoms with Crippen LogP contribution < -0.4 is 5.32 Å². The monoisotopic (exact) mass is 239 g/mol. The molecule has 2 fully saturated rings. The SMILES string of the molecule is O=C(NC12CCCCC1C2)c1ccc(Cl)o1. The second-order valence-corrected chi connectivity index (χ2v) is 5.23. The maximum absolute atomic E-state index is 11.9. The highest BCUT2D eigenvalue weighted by atomic mass is 35.5. The van der Waals surface area contributed by atoms with E-state index in [-0.39, 0.29) is 16.7 Å². The number of amides is 1. The Bertz CT molecular complexity index is 428. The smallest absolute Gasteiger partial charge is 0.287 e. The predicted molar refractivity (Wildman–Crippen MR) is 60.5 cm³/mol. The molecule has 0 bridgehead atoms. The number of carbonyl (C=O) groups is 1. The zero-order valence-corrected chi connectivity index (χ0v) is 9.72. The third-order valence-electron chi connectivity index (χ3n) is 3.82. The zero-order valence-electron chi connectivity index (χ0n) is 8.96. The van der Waals surface area contributed by atoms with Crippen molar-refractivity contribution < 1.29 is 9.21 Å². The molecule has 0 aliphatic heterocycles. The fourth-order valence-electron chi connectivity index (χ4n) is 2.84. The van der Waals surface area contributed by atoms with Crippen LogP contribution in [0.15, 0.2) is 16.5 Å². The summed E-state index contributed by atoms with van der Waals surface area (Å²) in [6.07, 6.45) is 6.01. The van der Waals surface area contributed by atoms with Gasteiger partial charge in [-0.15, -0.1) is 0 Å². The summed E-state index contributed by atoms with van der Waals surface area (Å²) in [5, 5.41) is 3.37. The highest BCUT2D eigenvalue weighted by Crippen LogP contribution is 2.53. The molecule has 16 heavy (non-hydrogen) atoms. The van der Waals surface area contributed by atoms with E-state index in [1.165, 1.54) is 19.3 Å². The van der Waals surface area contributed by atoms with Crippen molar-refractivity contribution in [3.05, 3.63) is 23.1 Å². The Hall–Kier alpha value is -0.960. The number of nitrogens with one attached hydrogen (secondary N) is 1. The third kappa shape index (κ3) is 1.63. The van der Waals surface area contributed by atoms with E-state index in [2.05, 4.69) is 5.32 Å². The fourth-order valence-corrected chi connectivity index (χ4v) is 2.98. The Kier molecular flexibility index (Phi) is 2.25. The van der Waals surface area contributed by atoms with Gasteiger partial charge in [-0.1, -0.05) is 12.8 Å². The van der Waals surface area contributed by atoms with Crippen LogP contribution in [-0.2, 0) is 0 Å². The third-order valence-corrected chi connectivity index (χ3v) is 4.02. The lowest BCUT2D eigenvalue weighted by Crippen LogP contribution is -2.39. The van der Waals surface area contributed by atoms with Crippen molar-refractivity contribution in [3.8, 4) is 0 Å². The van der Waals surface area contributed by atoms with Gasteiger partial charge in [0.05, 0.1) is 0 Å². The van der Waals surface area contributed by atoms with E-state index in [0.717, 1.165) is 12.8 Å². The molecule has 1 aromatic heterocycles. The summed E-state index contributed by atoms with van der Waals surface area (Å²) in [6, 6.07) is 3.22. The molecule has 0 radical (unpaired) electrons. The lowest BCUT2D eigenvalue weighted by molar-refractivity contribution is 0.0891. The average molecular weight is 240 g/mol. The van der Waals surface area contributed by atoms with Gasteiger partial charge >= 0.3 is 0 Å². The van der Waals surface area contributed by atoms with Crippen molar-refractivity contribution in [1.29, 1.82) is 0 Å². The second kappa shape index (κ2) is 3.52. The number of rotatable bonds is 2. The minimum atomic E-state index is -0.128. The summed E-state index contributed by atoms with van der Waals surface area (Å²) in [4.78, 5) is 11.9. The first-order valence-electron chi connectivity index (χ1n) is 5.77. The molecule has 2 unspecified atom stereocenters. The van der Waals surface area contributed by atoms with Crippen LogP contribution >= 0.6 is 11.6 Å². The first-order valence-corrected chi connectivity index (χ1v) is 6.15. The lowest BCUT2D eigenvalue weighted by Gasteiger charge is -2.22. The van der Waals surface area contributed by atoms with Crippen LogP contribution in [0.25, 0.3) is 0 Å². The van der Waals surface area contributed by atoms with E-state index in [1.807, 2.05) is 0 Å². The molecule has 0 saturated heterocycles. The molecule has 1 aromatic rings. The van der Waals surface area contributed by atoms with Crippen molar-refractivity contribution in [2.45, 2.75) is 37.6 Å². The standard InChI is InChI=1S/C12H14ClNO2/c13-10-5-4-9(16-10)11(15)14-12-6-2-1-3-8(12)7-12/h4-5,8H,1-3,6-7H2,(H,14,15). The maximum atomic E-state index is 11.9. The summed E-state index contributed by atoms with van der Waals surface area (Å²) >= 11 is 5.65. The number of carbonyl (C=O) groups excluding carboxylic acids is 1. The van der Waals surface area contributed by atoms with E-state index in [4.69, 9.17) is 16.0 Å². The summed E-state index contributed by atoms with van der Waals surface area (Å²) in [7, 11) is 0. The molecule has 1 N–H and O–H groups in total. The molecule has 3 nitrogen and oxygen atoms in total. The van der Waals surface area contributed by atoms with Crippen LogP contribution in [0.5, 0.6) is 0 Å². The van der Waals surface area contributed by atoms with Crippen LogP contribution in [0.3, 0.4) is 0 Å². The van der Waals surface area contributed by atoms with E-state index in [1.54, 1.807) is 12.1 Å². The Morgan fingerprint density at radius 2 is 2.38 bits per heavy atom. The maximum Gasteiger partial charge on any atom is 0.287 e. The van der Waals surface area contributed by atoms with Gasteiger partial charge in [0.2, 0.25) is 0 Å². The summed E-state index contributed by atoms with van der Waals surface area (Å²) in [5.74, 6) is 0.877. The van der Waals surface area contributed by atoms with Crippen molar-refractivity contribution in [2.24, 2.45) is 5.92 Å². The van der Waals surface area contributed by atoms with Gasteiger partial charge in [0, 0.05) is 5.54 Å². The van der Waals surface area contributed by atoms with Crippen molar-refractivity contribution in [2.75, 3.05) is 0 Å². The highest BCUT2D eigenvalue weighted by molar-refractivity contribution is 6.29. The largest absolute Gasteiger partial charge is 0.440 e. The van der Waals surface area contributed by atoms with Gasteiger partial charge in [-0.2, -0.15) is 0 Å². The minimum Gasteiger partial charge on any atom is -0.440 e. The van der Waals surface area contributed by atoms with Gasteiger partial charge < -0.3 is 9.73 Å². The van der Waals surface area contributed by atoms with Gasteiger partial charge in [0.25, 0.3) is 5.91 Å². The molecule has 0 aromatic carbocycles. The van der Waals surface area contributed by atoms with Gasteiger partial charge in [-0.05, 0) is 48.9 Å². The number of halogens is 1. The quantitative estimate of drug-likeness (QED) is 0.862. The second-order valence-electron chi connectivity index (χ2n) is 4.86. The Balaban J connectivity index is 1.69. The van der Waals surface area contributed by atoms with Crippen LogP contribution in [-0.4, -0.2) is 11.4 Å². The fraction of sp³-hybridized carbons (Fsp3) is 0.583. The number of hydrogen-bond donors (Lipinski definition) is 1. The van der Waals surface area contributed by atoms with Gasteiger partial charge in [0.15, 0.2) is 11.0 Å². The molecule has 86 valence electrons. The summed E-state index contributed by atoms with van der Waals surface area (Å²) < 4.78 is 5.10. The summed E-state index contributed by atoms with van der Waals surface area (Å²) in [6.45, 7) is 0. The molecular formula is C12H14ClNO2. The Morgan fingerprint density at radius 1 is 1.50 bits per heavy atom. The average Bonchev–Trinajstić information content (AvgIpc) is 2.82. The van der Waals surface area contributed by atoms with E-state index in [0.29, 0.717) is 11.7 Å². The van der Waals surface area contributed by atoms with Crippen LogP contribution in [0.4, 0.5) is 0 Å². The van der Waals surface area contributed by atoms with Crippen molar-refractivity contribution >= 4 is 17.5 Å². The van der Waals surface area contributed by atoms with E-state index in [9.17, 15) is 4.79 Å².